The monoisotopic (exact) mass is 337 g/mol. The Morgan fingerprint density at radius 2 is 1.96 bits per heavy atom. The van der Waals surface area contributed by atoms with Gasteiger partial charge in [-0.05, 0) is 43.7 Å². The van der Waals surface area contributed by atoms with Crippen LogP contribution in [0.15, 0.2) is 35.3 Å². The van der Waals surface area contributed by atoms with E-state index >= 15 is 0 Å². The molecule has 0 aliphatic heterocycles. The third kappa shape index (κ3) is 4.42. The normalized spacial score (nSPS) is 11.0. The average molecular weight is 338 g/mol. The standard InChI is InChI=1S/C17H18ClF2N3/c1-4-23(3)10-21-15-7-11(2)8-16(17(15)18)22-14-6-5-12(19)9-13(14)20/h5-10,22H,4H2,1-3H3. The number of anilines is 2. The number of rotatable bonds is 5. The Kier molecular flexibility index (Phi) is 5.55. The molecule has 0 unspecified atom stereocenters. The van der Waals surface area contributed by atoms with Crippen LogP contribution in [0.2, 0.25) is 5.02 Å². The zero-order valence-corrected chi connectivity index (χ0v) is 14.0. The highest BCUT2D eigenvalue weighted by Gasteiger charge is 2.10. The lowest BCUT2D eigenvalue weighted by atomic mass is 10.2. The van der Waals surface area contributed by atoms with Crippen LogP contribution in [-0.2, 0) is 0 Å². The van der Waals surface area contributed by atoms with E-state index in [1.54, 1.807) is 12.4 Å². The van der Waals surface area contributed by atoms with Crippen molar-refractivity contribution < 1.29 is 8.78 Å². The molecule has 0 radical (unpaired) electrons. The van der Waals surface area contributed by atoms with Gasteiger partial charge in [0, 0.05) is 19.7 Å². The fourth-order valence-corrected chi connectivity index (χ4v) is 2.12. The molecule has 0 saturated heterocycles. The van der Waals surface area contributed by atoms with E-state index in [9.17, 15) is 8.78 Å². The average Bonchev–Trinajstić information content (AvgIpc) is 2.51. The van der Waals surface area contributed by atoms with Gasteiger partial charge in [0.15, 0.2) is 0 Å². The van der Waals surface area contributed by atoms with Crippen molar-refractivity contribution in [3.8, 4) is 0 Å². The fraction of sp³-hybridized carbons (Fsp3) is 0.235. The maximum absolute atomic E-state index is 13.8. The number of benzene rings is 2. The molecule has 3 nitrogen and oxygen atoms in total. The molecule has 0 heterocycles. The Bertz CT molecular complexity index is 732. The highest BCUT2D eigenvalue weighted by atomic mass is 35.5. The van der Waals surface area contributed by atoms with E-state index in [1.807, 2.05) is 31.9 Å². The first-order valence-corrected chi connectivity index (χ1v) is 7.55. The maximum atomic E-state index is 13.8. The van der Waals surface area contributed by atoms with Crippen molar-refractivity contribution >= 4 is 35.0 Å². The second-order valence-electron chi connectivity index (χ2n) is 5.21. The van der Waals surface area contributed by atoms with Crippen LogP contribution in [0, 0.1) is 18.6 Å². The van der Waals surface area contributed by atoms with Gasteiger partial charge in [-0.3, -0.25) is 0 Å². The van der Waals surface area contributed by atoms with Crippen LogP contribution < -0.4 is 5.32 Å². The molecule has 2 rings (SSSR count). The SMILES string of the molecule is CCN(C)C=Nc1cc(C)cc(Nc2ccc(F)cc2F)c1Cl. The molecule has 0 amide bonds. The topological polar surface area (TPSA) is 27.6 Å². The number of halogens is 3. The molecule has 0 aromatic heterocycles. The summed E-state index contributed by atoms with van der Waals surface area (Å²) in [5, 5.41) is 3.26. The van der Waals surface area contributed by atoms with Gasteiger partial charge in [-0.2, -0.15) is 0 Å². The van der Waals surface area contributed by atoms with E-state index in [-0.39, 0.29) is 5.69 Å². The number of aliphatic imine (C=N–C) groups is 1. The van der Waals surface area contributed by atoms with Crippen LogP contribution in [0.4, 0.5) is 25.8 Å². The van der Waals surface area contributed by atoms with Crippen LogP contribution >= 0.6 is 11.6 Å². The van der Waals surface area contributed by atoms with Crippen molar-refractivity contribution in [2.24, 2.45) is 4.99 Å². The molecule has 0 saturated carbocycles. The molecule has 122 valence electrons. The molecule has 6 heteroatoms. The largest absolute Gasteiger partial charge is 0.366 e. The lowest BCUT2D eigenvalue weighted by molar-refractivity contribution is 0.552. The molecular weight excluding hydrogens is 320 g/mol. The lowest BCUT2D eigenvalue weighted by Gasteiger charge is -2.13. The molecule has 0 bridgehead atoms. The van der Waals surface area contributed by atoms with Crippen LogP contribution in [0.3, 0.4) is 0 Å². The highest BCUT2D eigenvalue weighted by molar-refractivity contribution is 6.36. The zero-order valence-electron chi connectivity index (χ0n) is 13.2. The van der Waals surface area contributed by atoms with Gasteiger partial charge >= 0.3 is 0 Å². The number of hydrogen-bond donors (Lipinski definition) is 1. The van der Waals surface area contributed by atoms with Crippen LogP contribution in [0.5, 0.6) is 0 Å². The van der Waals surface area contributed by atoms with E-state index in [0.717, 1.165) is 18.2 Å². The van der Waals surface area contributed by atoms with E-state index < -0.39 is 11.6 Å². The maximum Gasteiger partial charge on any atom is 0.149 e. The van der Waals surface area contributed by atoms with Crippen molar-refractivity contribution in [3.05, 3.63) is 52.6 Å². The van der Waals surface area contributed by atoms with Crippen molar-refractivity contribution in [2.75, 3.05) is 18.9 Å². The molecule has 2 aromatic carbocycles. The number of aryl methyl sites for hydroxylation is 1. The number of nitrogens with one attached hydrogen (secondary N) is 1. The quantitative estimate of drug-likeness (QED) is 0.593. The van der Waals surface area contributed by atoms with E-state index in [4.69, 9.17) is 11.6 Å². The third-order valence-corrected chi connectivity index (χ3v) is 3.69. The Morgan fingerprint density at radius 3 is 2.61 bits per heavy atom. The Hall–Kier alpha value is -2.14. The first-order valence-electron chi connectivity index (χ1n) is 7.17. The summed E-state index contributed by atoms with van der Waals surface area (Å²) < 4.78 is 26.8. The first kappa shape index (κ1) is 17.2. The Balaban J connectivity index is 2.35. The summed E-state index contributed by atoms with van der Waals surface area (Å²) in [4.78, 5) is 6.26. The van der Waals surface area contributed by atoms with E-state index in [2.05, 4.69) is 10.3 Å². The van der Waals surface area contributed by atoms with Crippen molar-refractivity contribution in [2.45, 2.75) is 13.8 Å². The fourth-order valence-electron chi connectivity index (χ4n) is 1.91. The minimum atomic E-state index is -0.682. The van der Waals surface area contributed by atoms with Gasteiger partial charge in [-0.25, -0.2) is 13.8 Å². The smallest absolute Gasteiger partial charge is 0.149 e. The molecule has 0 aliphatic carbocycles. The summed E-state index contributed by atoms with van der Waals surface area (Å²) in [6.45, 7) is 4.72. The zero-order chi connectivity index (χ0) is 17.0. The molecule has 2 aromatic rings. The van der Waals surface area contributed by atoms with Gasteiger partial charge in [0.05, 0.1) is 28.4 Å². The minimum Gasteiger partial charge on any atom is -0.366 e. The third-order valence-electron chi connectivity index (χ3n) is 3.29. The summed E-state index contributed by atoms with van der Waals surface area (Å²) in [6.07, 6.45) is 1.68. The summed E-state index contributed by atoms with van der Waals surface area (Å²) in [7, 11) is 1.90. The van der Waals surface area contributed by atoms with Gasteiger partial charge in [-0.1, -0.05) is 11.6 Å². The second-order valence-corrected chi connectivity index (χ2v) is 5.59. The van der Waals surface area contributed by atoms with E-state index in [0.29, 0.717) is 16.4 Å². The molecule has 1 N–H and O–H groups in total. The van der Waals surface area contributed by atoms with Crippen LogP contribution in [-0.4, -0.2) is 24.8 Å². The highest BCUT2D eigenvalue weighted by Crippen LogP contribution is 2.36. The second kappa shape index (κ2) is 7.42. The van der Waals surface area contributed by atoms with Crippen LogP contribution in [0.1, 0.15) is 12.5 Å². The molecule has 23 heavy (non-hydrogen) atoms. The molecule has 0 atom stereocenters. The Labute approximate surface area is 139 Å². The van der Waals surface area contributed by atoms with Crippen molar-refractivity contribution in [1.82, 2.24) is 4.90 Å². The summed E-state index contributed by atoms with van der Waals surface area (Å²) >= 11 is 6.35. The predicted octanol–water partition coefficient (Wildman–Crippen LogP) is 5.28. The van der Waals surface area contributed by atoms with Gasteiger partial charge in [0.1, 0.15) is 11.6 Å². The number of nitrogens with zero attached hydrogens (tertiary/aromatic N) is 2. The number of hydrogen-bond acceptors (Lipinski definition) is 2. The van der Waals surface area contributed by atoms with Gasteiger partial charge in [0.2, 0.25) is 0 Å². The summed E-state index contributed by atoms with van der Waals surface area (Å²) in [5.41, 5.74) is 2.17. The minimum absolute atomic E-state index is 0.152. The summed E-state index contributed by atoms with van der Waals surface area (Å²) in [5.74, 6) is -1.31. The van der Waals surface area contributed by atoms with Crippen molar-refractivity contribution in [3.63, 3.8) is 0 Å². The van der Waals surface area contributed by atoms with Gasteiger partial charge in [-0.15, -0.1) is 0 Å². The first-order chi connectivity index (χ1) is 10.9. The van der Waals surface area contributed by atoms with Crippen molar-refractivity contribution in [1.29, 1.82) is 0 Å². The van der Waals surface area contributed by atoms with Gasteiger partial charge < -0.3 is 10.2 Å². The molecule has 0 spiro atoms. The Morgan fingerprint density at radius 1 is 1.22 bits per heavy atom. The van der Waals surface area contributed by atoms with Crippen LogP contribution in [0.25, 0.3) is 0 Å². The predicted molar refractivity (Wildman–Crippen MR) is 92.3 cm³/mol. The lowest BCUT2D eigenvalue weighted by Crippen LogP contribution is -2.14. The molecular formula is C17H18ClF2N3. The van der Waals surface area contributed by atoms with E-state index in [1.165, 1.54) is 12.1 Å². The van der Waals surface area contributed by atoms with Gasteiger partial charge in [0.25, 0.3) is 0 Å². The molecule has 0 fully saturated rings. The summed E-state index contributed by atoms with van der Waals surface area (Å²) in [6, 6.07) is 6.96. The molecule has 0 aliphatic rings.